The number of nitrogens with zero attached hydrogens (tertiary/aromatic N) is 3. The Morgan fingerprint density at radius 1 is 1.32 bits per heavy atom. The van der Waals surface area contributed by atoms with Crippen molar-refractivity contribution in [2.24, 2.45) is 0 Å². The van der Waals surface area contributed by atoms with Crippen molar-refractivity contribution < 1.29 is 5.11 Å². The van der Waals surface area contributed by atoms with Gasteiger partial charge in [-0.2, -0.15) is 0 Å². The van der Waals surface area contributed by atoms with Crippen LogP contribution in [0.5, 0.6) is 0 Å². The van der Waals surface area contributed by atoms with E-state index in [1.807, 2.05) is 18.2 Å². The number of aliphatic hydroxyl groups is 1. The minimum atomic E-state index is -0.0510. The predicted octanol–water partition coefficient (Wildman–Crippen LogP) is 2.52. The van der Waals surface area contributed by atoms with Gasteiger partial charge in [0.25, 0.3) is 0 Å². The monoisotopic (exact) mass is 281 g/mol. The largest absolute Gasteiger partial charge is 0.388 e. The van der Waals surface area contributed by atoms with Crippen molar-refractivity contribution in [1.82, 2.24) is 14.5 Å². The van der Waals surface area contributed by atoms with E-state index in [-0.39, 0.29) is 6.61 Å². The van der Waals surface area contributed by atoms with Gasteiger partial charge in [-0.25, -0.2) is 4.98 Å². The Kier molecular flexibility index (Phi) is 4.80. The highest BCUT2D eigenvalue weighted by atomic mass is 35.5. The highest BCUT2D eigenvalue weighted by Crippen LogP contribution is 2.20. The van der Waals surface area contributed by atoms with E-state index in [0.717, 1.165) is 37.2 Å². The maximum absolute atomic E-state index is 9.44. The molecule has 0 saturated heterocycles. The molecule has 0 spiro atoms. The Morgan fingerprint density at radius 3 is 2.68 bits per heavy atom. The topological polar surface area (TPSA) is 41.3 Å². The van der Waals surface area contributed by atoms with Gasteiger partial charge in [0.1, 0.15) is 12.4 Å². The molecule has 4 nitrogen and oxygen atoms in total. The molecule has 1 aromatic carbocycles. The summed E-state index contributed by atoms with van der Waals surface area (Å²) in [7, 11) is 0. The van der Waals surface area contributed by atoms with E-state index in [1.165, 1.54) is 0 Å². The first-order valence-corrected chi connectivity index (χ1v) is 7.05. The first-order valence-electron chi connectivity index (χ1n) is 6.67. The van der Waals surface area contributed by atoms with E-state index in [0.29, 0.717) is 10.8 Å². The second-order valence-electron chi connectivity index (χ2n) is 4.50. The summed E-state index contributed by atoms with van der Waals surface area (Å²) in [6.45, 7) is 8.10. The van der Waals surface area contributed by atoms with Gasteiger partial charge in [-0.1, -0.05) is 25.4 Å². The van der Waals surface area contributed by atoms with Crippen molar-refractivity contribution in [3.05, 3.63) is 29.0 Å². The van der Waals surface area contributed by atoms with E-state index >= 15 is 0 Å². The molecule has 0 aliphatic rings. The van der Waals surface area contributed by atoms with Crippen molar-refractivity contribution in [3.8, 4) is 0 Å². The molecule has 0 bridgehead atoms. The van der Waals surface area contributed by atoms with Gasteiger partial charge in [-0.3, -0.25) is 0 Å². The van der Waals surface area contributed by atoms with Crippen LogP contribution in [0.25, 0.3) is 11.0 Å². The summed E-state index contributed by atoms with van der Waals surface area (Å²) in [5.41, 5.74) is 1.87. The van der Waals surface area contributed by atoms with Gasteiger partial charge in [0, 0.05) is 18.1 Å². The van der Waals surface area contributed by atoms with Crippen LogP contribution in [-0.2, 0) is 13.2 Å². The number of fused-ring (bicyclic) bond motifs is 1. The fourth-order valence-corrected chi connectivity index (χ4v) is 2.47. The summed E-state index contributed by atoms with van der Waals surface area (Å²) in [6.07, 6.45) is 0. The molecule has 0 saturated carbocycles. The molecule has 2 rings (SSSR count). The van der Waals surface area contributed by atoms with Gasteiger partial charge >= 0.3 is 0 Å². The average molecular weight is 282 g/mol. The van der Waals surface area contributed by atoms with E-state index in [4.69, 9.17) is 11.6 Å². The van der Waals surface area contributed by atoms with Gasteiger partial charge in [0.05, 0.1) is 11.0 Å². The number of benzene rings is 1. The number of halogens is 1. The number of hydrogen-bond donors (Lipinski definition) is 1. The van der Waals surface area contributed by atoms with Crippen LogP contribution in [0.15, 0.2) is 18.2 Å². The quantitative estimate of drug-likeness (QED) is 0.885. The molecule has 0 atom stereocenters. The lowest BCUT2D eigenvalue weighted by atomic mass is 10.3. The van der Waals surface area contributed by atoms with Crippen LogP contribution in [-0.4, -0.2) is 39.2 Å². The van der Waals surface area contributed by atoms with Crippen LogP contribution in [0.4, 0.5) is 0 Å². The fourth-order valence-electron chi connectivity index (χ4n) is 2.30. The summed E-state index contributed by atoms with van der Waals surface area (Å²) in [4.78, 5) is 6.78. The number of rotatable bonds is 6. The molecule has 0 aliphatic carbocycles. The third-order valence-corrected chi connectivity index (χ3v) is 3.70. The van der Waals surface area contributed by atoms with Crippen molar-refractivity contribution in [2.45, 2.75) is 27.0 Å². The molecule has 0 radical (unpaired) electrons. The fraction of sp³-hybridized carbons (Fsp3) is 0.500. The summed E-state index contributed by atoms with van der Waals surface area (Å²) in [5, 5.41) is 10.1. The summed E-state index contributed by atoms with van der Waals surface area (Å²) >= 11 is 5.98. The van der Waals surface area contributed by atoms with Crippen LogP contribution in [0.3, 0.4) is 0 Å². The minimum absolute atomic E-state index is 0.0510. The Hall–Kier alpha value is -1.10. The summed E-state index contributed by atoms with van der Waals surface area (Å²) in [6, 6.07) is 5.66. The maximum atomic E-state index is 9.44. The predicted molar refractivity (Wildman–Crippen MR) is 78.5 cm³/mol. The Morgan fingerprint density at radius 2 is 2.05 bits per heavy atom. The molecular weight excluding hydrogens is 262 g/mol. The zero-order chi connectivity index (χ0) is 13.8. The molecule has 19 heavy (non-hydrogen) atoms. The molecule has 2 aromatic rings. The van der Waals surface area contributed by atoms with Gasteiger partial charge in [0.2, 0.25) is 0 Å². The van der Waals surface area contributed by atoms with Gasteiger partial charge in [0.15, 0.2) is 0 Å². The van der Waals surface area contributed by atoms with E-state index in [9.17, 15) is 5.11 Å². The average Bonchev–Trinajstić information content (AvgIpc) is 2.77. The maximum Gasteiger partial charge on any atom is 0.135 e. The Balaban J connectivity index is 2.30. The Bertz CT molecular complexity index is 549. The van der Waals surface area contributed by atoms with Crippen molar-refractivity contribution in [2.75, 3.05) is 19.6 Å². The second kappa shape index (κ2) is 6.37. The Labute approximate surface area is 118 Å². The van der Waals surface area contributed by atoms with Crippen molar-refractivity contribution in [1.29, 1.82) is 0 Å². The molecule has 0 fully saturated rings. The standard InChI is InChI=1S/C14H20ClN3O/c1-3-17(4-2)7-8-18-13-6-5-11(15)9-12(13)16-14(18)10-19/h5-6,9,19H,3-4,7-8,10H2,1-2H3. The minimum Gasteiger partial charge on any atom is -0.388 e. The molecule has 0 unspecified atom stereocenters. The van der Waals surface area contributed by atoms with Gasteiger partial charge in [-0.05, 0) is 31.3 Å². The first kappa shape index (κ1) is 14.3. The zero-order valence-electron chi connectivity index (χ0n) is 11.4. The van der Waals surface area contributed by atoms with E-state index in [2.05, 4.69) is 28.3 Å². The number of likely N-dealkylation sites (N-methyl/N-ethyl adjacent to an activating group) is 1. The highest BCUT2D eigenvalue weighted by Gasteiger charge is 2.11. The smallest absolute Gasteiger partial charge is 0.135 e. The second-order valence-corrected chi connectivity index (χ2v) is 4.93. The van der Waals surface area contributed by atoms with Crippen LogP contribution in [0.1, 0.15) is 19.7 Å². The van der Waals surface area contributed by atoms with Crippen LogP contribution >= 0.6 is 11.6 Å². The normalized spacial score (nSPS) is 11.6. The number of imidazole rings is 1. The molecule has 0 amide bonds. The summed E-state index contributed by atoms with van der Waals surface area (Å²) in [5.74, 6) is 0.699. The van der Waals surface area contributed by atoms with Gasteiger partial charge in [-0.15, -0.1) is 0 Å². The van der Waals surface area contributed by atoms with Crippen LogP contribution in [0, 0.1) is 0 Å². The third-order valence-electron chi connectivity index (χ3n) is 3.47. The highest BCUT2D eigenvalue weighted by molar-refractivity contribution is 6.31. The van der Waals surface area contributed by atoms with Crippen LogP contribution in [0.2, 0.25) is 5.02 Å². The molecule has 1 aromatic heterocycles. The molecular formula is C14H20ClN3O. The molecule has 1 N–H and O–H groups in total. The van der Waals surface area contributed by atoms with E-state index < -0.39 is 0 Å². The molecule has 5 heteroatoms. The lowest BCUT2D eigenvalue weighted by molar-refractivity contribution is 0.256. The molecule has 0 aliphatic heterocycles. The van der Waals surface area contributed by atoms with Crippen molar-refractivity contribution >= 4 is 22.6 Å². The first-order chi connectivity index (χ1) is 9.19. The van der Waals surface area contributed by atoms with Crippen LogP contribution < -0.4 is 0 Å². The summed E-state index contributed by atoms with van der Waals surface area (Å²) < 4.78 is 2.07. The molecule has 104 valence electrons. The SMILES string of the molecule is CCN(CC)CCn1c(CO)nc2cc(Cl)ccc21. The number of aliphatic hydroxyl groups excluding tert-OH is 1. The molecule has 1 heterocycles. The lowest BCUT2D eigenvalue weighted by Gasteiger charge is -2.19. The number of aromatic nitrogens is 2. The third kappa shape index (κ3) is 3.08. The number of hydrogen-bond acceptors (Lipinski definition) is 3. The van der Waals surface area contributed by atoms with E-state index in [1.54, 1.807) is 0 Å². The van der Waals surface area contributed by atoms with Crippen molar-refractivity contribution in [3.63, 3.8) is 0 Å². The van der Waals surface area contributed by atoms with Gasteiger partial charge < -0.3 is 14.6 Å². The zero-order valence-corrected chi connectivity index (χ0v) is 12.2. The lowest BCUT2D eigenvalue weighted by Crippen LogP contribution is -2.27.